The monoisotopic (exact) mass is 493 g/mol. The number of hydrogen-bond acceptors (Lipinski definition) is 4. The molecule has 2 aliphatic heterocycles. The number of fused-ring (bicyclic) bond motifs is 1. The van der Waals surface area contributed by atoms with Gasteiger partial charge in [0.1, 0.15) is 17.1 Å². The first-order valence-corrected chi connectivity index (χ1v) is 12.4. The summed E-state index contributed by atoms with van der Waals surface area (Å²) in [6.07, 6.45) is 9.29. The molecule has 0 bridgehead atoms. The van der Waals surface area contributed by atoms with Crippen molar-refractivity contribution in [1.29, 1.82) is 0 Å². The lowest BCUT2D eigenvalue weighted by Gasteiger charge is -2.31. The molecular weight excluding hydrogens is 474 g/mol. The molecular formula is C25H20BrNO3S. The van der Waals surface area contributed by atoms with Crippen molar-refractivity contribution >= 4 is 50.3 Å². The summed E-state index contributed by atoms with van der Waals surface area (Å²) in [6, 6.07) is 10.9. The molecule has 3 atom stereocenters. The number of rotatable bonds is 2. The summed E-state index contributed by atoms with van der Waals surface area (Å²) in [4.78, 5) is 28.0. The molecule has 1 amide bonds. The third kappa shape index (κ3) is 3.11. The second-order valence-electron chi connectivity index (χ2n) is 8.31. The number of thioether (sulfide) groups is 1. The molecule has 2 aliphatic carbocycles. The highest BCUT2D eigenvalue weighted by atomic mass is 79.9. The first-order chi connectivity index (χ1) is 15.1. The Bertz CT molecular complexity index is 1220. The lowest BCUT2D eigenvalue weighted by molar-refractivity contribution is -0.147. The number of esters is 1. The van der Waals surface area contributed by atoms with Crippen LogP contribution >= 0.6 is 27.7 Å². The quantitative estimate of drug-likeness (QED) is 0.444. The molecule has 2 aromatic rings. The van der Waals surface area contributed by atoms with E-state index in [-0.39, 0.29) is 28.9 Å². The molecule has 2 heterocycles. The largest absolute Gasteiger partial charge is 0.453 e. The fourth-order valence-electron chi connectivity index (χ4n) is 5.09. The molecule has 1 saturated heterocycles. The van der Waals surface area contributed by atoms with E-state index in [0.717, 1.165) is 28.6 Å². The number of hydrogen-bond donors (Lipinski definition) is 0. The summed E-state index contributed by atoms with van der Waals surface area (Å²) in [7, 11) is 0. The van der Waals surface area contributed by atoms with Gasteiger partial charge in [-0.2, -0.15) is 0 Å². The summed E-state index contributed by atoms with van der Waals surface area (Å²) in [5.74, 6) is -0.0391. The van der Waals surface area contributed by atoms with Crippen LogP contribution in [0.15, 0.2) is 64.7 Å². The van der Waals surface area contributed by atoms with Gasteiger partial charge >= 0.3 is 5.97 Å². The smallest absolute Gasteiger partial charge is 0.344 e. The lowest BCUT2D eigenvalue weighted by atomic mass is 9.92. The number of carbonyl (C=O) groups excluding carboxylic acids is 2. The SMILES string of the molecule is O=C1O[C@H]2C=CC(Br)=C[C@H]2C=C1C(=O)N1CCS[C@@H]1c1ccc2c3c(cccc13)CC2. The van der Waals surface area contributed by atoms with Crippen LogP contribution in [0.5, 0.6) is 0 Å². The Morgan fingerprint density at radius 2 is 1.97 bits per heavy atom. The zero-order valence-electron chi connectivity index (χ0n) is 16.7. The maximum Gasteiger partial charge on any atom is 0.344 e. The molecule has 0 unspecified atom stereocenters. The van der Waals surface area contributed by atoms with E-state index in [2.05, 4.69) is 46.3 Å². The van der Waals surface area contributed by atoms with Crippen molar-refractivity contribution in [2.24, 2.45) is 5.92 Å². The van der Waals surface area contributed by atoms with E-state index in [4.69, 9.17) is 4.74 Å². The first-order valence-electron chi connectivity index (χ1n) is 10.5. The van der Waals surface area contributed by atoms with Crippen LogP contribution in [0.25, 0.3) is 10.8 Å². The standard InChI is InChI=1S/C25H20BrNO3S/c26-17-7-9-21-16(12-17)13-20(25(29)30-21)23(28)27-10-11-31-24(27)19-8-6-15-5-4-14-2-1-3-18(19)22(14)15/h1-3,6-9,12-13,16,21,24H,4-5,10-11H2/t16-,21-,24+/m0/s1. The fraction of sp³-hybridized carbons (Fsp3) is 0.280. The predicted molar refractivity (Wildman–Crippen MR) is 126 cm³/mol. The molecule has 0 spiro atoms. The molecule has 1 fully saturated rings. The van der Waals surface area contributed by atoms with Gasteiger partial charge in [0.05, 0.1) is 0 Å². The van der Waals surface area contributed by atoms with Gasteiger partial charge in [-0.3, -0.25) is 4.79 Å². The third-order valence-corrected chi connectivity index (χ3v) is 8.33. The van der Waals surface area contributed by atoms with E-state index < -0.39 is 5.97 Å². The Hall–Kier alpha value is -2.31. The summed E-state index contributed by atoms with van der Waals surface area (Å²) in [5.41, 5.74) is 4.08. The first kappa shape index (κ1) is 19.4. The van der Waals surface area contributed by atoms with Crippen LogP contribution in [0, 0.1) is 5.92 Å². The van der Waals surface area contributed by atoms with Gasteiger partial charge in [0.25, 0.3) is 5.91 Å². The Kier molecular flexibility index (Phi) is 4.62. The van der Waals surface area contributed by atoms with E-state index in [1.54, 1.807) is 17.8 Å². The van der Waals surface area contributed by atoms with Gasteiger partial charge in [-0.15, -0.1) is 11.8 Å². The van der Waals surface area contributed by atoms with Gasteiger partial charge in [-0.25, -0.2) is 4.79 Å². The molecule has 0 radical (unpaired) electrons. The van der Waals surface area contributed by atoms with Crippen molar-refractivity contribution in [3.8, 4) is 0 Å². The average Bonchev–Trinajstić information content (AvgIpc) is 3.42. The third-order valence-electron chi connectivity index (χ3n) is 6.56. The maximum atomic E-state index is 13.5. The van der Waals surface area contributed by atoms with E-state index >= 15 is 0 Å². The van der Waals surface area contributed by atoms with Crippen molar-refractivity contribution in [2.75, 3.05) is 12.3 Å². The zero-order valence-corrected chi connectivity index (χ0v) is 19.1. The molecule has 31 heavy (non-hydrogen) atoms. The number of aryl methyl sites for hydroxylation is 2. The molecule has 0 N–H and O–H groups in total. The normalized spacial score (nSPS) is 26.5. The number of halogens is 1. The number of amides is 1. The highest BCUT2D eigenvalue weighted by Gasteiger charge is 2.39. The van der Waals surface area contributed by atoms with Gasteiger partial charge in [0.2, 0.25) is 0 Å². The minimum absolute atomic E-state index is 0.0997. The van der Waals surface area contributed by atoms with E-state index in [1.807, 2.05) is 23.1 Å². The summed E-state index contributed by atoms with van der Waals surface area (Å²) in [5, 5.41) is 2.48. The number of ether oxygens (including phenoxy) is 1. The van der Waals surface area contributed by atoms with Crippen LogP contribution in [-0.2, 0) is 27.2 Å². The Morgan fingerprint density at radius 3 is 2.84 bits per heavy atom. The van der Waals surface area contributed by atoms with E-state index in [9.17, 15) is 9.59 Å². The predicted octanol–water partition coefficient (Wildman–Crippen LogP) is 4.83. The second-order valence-corrected chi connectivity index (χ2v) is 10.4. The van der Waals surface area contributed by atoms with Gasteiger partial charge in [0.15, 0.2) is 0 Å². The minimum Gasteiger partial charge on any atom is -0.453 e. The van der Waals surface area contributed by atoms with Crippen LogP contribution in [-0.4, -0.2) is 35.2 Å². The van der Waals surface area contributed by atoms with Crippen LogP contribution in [0.4, 0.5) is 0 Å². The summed E-state index contributed by atoms with van der Waals surface area (Å²) >= 11 is 5.24. The summed E-state index contributed by atoms with van der Waals surface area (Å²) in [6.45, 7) is 0.620. The molecule has 4 aliphatic rings. The topological polar surface area (TPSA) is 46.6 Å². The van der Waals surface area contributed by atoms with Crippen molar-refractivity contribution in [3.63, 3.8) is 0 Å². The second kappa shape index (κ2) is 7.38. The van der Waals surface area contributed by atoms with Gasteiger partial charge in [-0.1, -0.05) is 58.4 Å². The molecule has 0 aromatic heterocycles. The Morgan fingerprint density at radius 1 is 1.13 bits per heavy atom. The molecule has 6 heteroatoms. The van der Waals surface area contributed by atoms with Crippen LogP contribution in [0.1, 0.15) is 22.1 Å². The van der Waals surface area contributed by atoms with Gasteiger partial charge in [0, 0.05) is 22.7 Å². The number of nitrogens with zero attached hydrogens (tertiary/aromatic N) is 1. The van der Waals surface area contributed by atoms with Crippen molar-refractivity contribution in [1.82, 2.24) is 4.90 Å². The molecule has 0 saturated carbocycles. The molecule has 156 valence electrons. The van der Waals surface area contributed by atoms with Gasteiger partial charge in [-0.05, 0) is 52.5 Å². The van der Waals surface area contributed by atoms with E-state index in [1.165, 1.54) is 21.9 Å². The van der Waals surface area contributed by atoms with Crippen LogP contribution in [0.3, 0.4) is 0 Å². The molecule has 4 nitrogen and oxygen atoms in total. The molecule has 2 aromatic carbocycles. The van der Waals surface area contributed by atoms with E-state index in [0.29, 0.717) is 6.54 Å². The zero-order chi connectivity index (χ0) is 21.1. The highest BCUT2D eigenvalue weighted by Crippen LogP contribution is 2.44. The van der Waals surface area contributed by atoms with Crippen LogP contribution < -0.4 is 0 Å². The highest BCUT2D eigenvalue weighted by molar-refractivity contribution is 9.11. The number of carbonyl (C=O) groups is 2. The number of benzene rings is 2. The Labute approximate surface area is 193 Å². The summed E-state index contributed by atoms with van der Waals surface area (Å²) < 4.78 is 6.50. The Balaban J connectivity index is 1.37. The average molecular weight is 494 g/mol. The maximum absolute atomic E-state index is 13.5. The van der Waals surface area contributed by atoms with Crippen LogP contribution in [0.2, 0.25) is 0 Å². The number of allylic oxidation sites excluding steroid dienone is 2. The fourth-order valence-corrected chi connectivity index (χ4v) is 6.84. The van der Waals surface area contributed by atoms with Gasteiger partial charge < -0.3 is 9.64 Å². The molecule has 6 rings (SSSR count). The minimum atomic E-state index is -0.529. The lowest BCUT2D eigenvalue weighted by Crippen LogP contribution is -2.39. The van der Waals surface area contributed by atoms with Crippen molar-refractivity contribution in [2.45, 2.75) is 24.3 Å². The van der Waals surface area contributed by atoms with Crippen molar-refractivity contribution < 1.29 is 14.3 Å². The van der Waals surface area contributed by atoms with Crippen molar-refractivity contribution in [3.05, 3.63) is 81.4 Å².